The highest BCUT2D eigenvalue weighted by Gasteiger charge is 2.29. The van der Waals surface area contributed by atoms with Gasteiger partial charge in [0.05, 0.1) is 5.25 Å². The van der Waals surface area contributed by atoms with Crippen molar-refractivity contribution in [3.8, 4) is 0 Å². The minimum absolute atomic E-state index is 0.209. The van der Waals surface area contributed by atoms with Gasteiger partial charge in [-0.1, -0.05) is 19.3 Å². The van der Waals surface area contributed by atoms with E-state index < -0.39 is 15.3 Å². The van der Waals surface area contributed by atoms with Crippen molar-refractivity contribution in [3.63, 3.8) is 0 Å². The van der Waals surface area contributed by atoms with Crippen LogP contribution >= 0.6 is 0 Å². The van der Waals surface area contributed by atoms with E-state index in [-0.39, 0.29) is 12.3 Å². The molecular formula is C9H17NO3S. The molecule has 0 saturated heterocycles. The number of nitrogens with one attached hydrogen (secondary N) is 1. The summed E-state index contributed by atoms with van der Waals surface area (Å²) in [5.74, 6) is 0.209. The van der Waals surface area contributed by atoms with E-state index in [1.807, 2.05) is 4.72 Å². The summed E-state index contributed by atoms with van der Waals surface area (Å²) in [4.78, 5) is 10.1. The average Bonchev–Trinajstić information content (AvgIpc) is 2.18. The first-order valence-electron chi connectivity index (χ1n) is 5.02. The van der Waals surface area contributed by atoms with Gasteiger partial charge in [0, 0.05) is 0 Å². The van der Waals surface area contributed by atoms with Gasteiger partial charge in [0.2, 0.25) is 16.4 Å². The number of carbonyl (C=O) groups is 1. The van der Waals surface area contributed by atoms with Crippen LogP contribution in [0.1, 0.15) is 39.0 Å². The van der Waals surface area contributed by atoms with Crippen molar-refractivity contribution in [2.24, 2.45) is 5.92 Å². The highest BCUT2D eigenvalue weighted by Crippen LogP contribution is 2.29. The molecule has 0 spiro atoms. The maximum atomic E-state index is 11.5. The van der Waals surface area contributed by atoms with Crippen LogP contribution in [-0.2, 0) is 14.8 Å². The van der Waals surface area contributed by atoms with Crippen LogP contribution in [0.5, 0.6) is 0 Å². The van der Waals surface area contributed by atoms with Gasteiger partial charge in [-0.2, -0.15) is 0 Å². The summed E-state index contributed by atoms with van der Waals surface area (Å²) in [5.41, 5.74) is 0. The van der Waals surface area contributed by atoms with Gasteiger partial charge in [-0.25, -0.2) is 8.42 Å². The van der Waals surface area contributed by atoms with Crippen molar-refractivity contribution in [1.29, 1.82) is 0 Å². The summed E-state index contributed by atoms with van der Waals surface area (Å²) in [6, 6.07) is 0. The van der Waals surface area contributed by atoms with Gasteiger partial charge in [0.25, 0.3) is 0 Å². The molecule has 1 aliphatic carbocycles. The molecule has 0 radical (unpaired) electrons. The van der Waals surface area contributed by atoms with E-state index in [0.717, 1.165) is 25.7 Å². The Morgan fingerprint density at radius 2 is 1.86 bits per heavy atom. The van der Waals surface area contributed by atoms with E-state index in [1.165, 1.54) is 6.42 Å². The molecule has 0 aromatic heterocycles. The maximum absolute atomic E-state index is 11.5. The average molecular weight is 219 g/mol. The lowest BCUT2D eigenvalue weighted by atomic mass is 9.87. The molecule has 14 heavy (non-hydrogen) atoms. The monoisotopic (exact) mass is 219 g/mol. The molecule has 1 fully saturated rings. The van der Waals surface area contributed by atoms with Crippen LogP contribution in [0.4, 0.5) is 0 Å². The normalized spacial score (nSPS) is 21.5. The standard InChI is InChI=1S/C9H17NO3S/c1-8(14(12,13)10-7-11)9-5-3-2-4-6-9/h7-9H,2-6H2,1H3,(H,10,11). The zero-order valence-corrected chi connectivity index (χ0v) is 9.22. The Morgan fingerprint density at radius 1 is 1.29 bits per heavy atom. The lowest BCUT2D eigenvalue weighted by Crippen LogP contribution is -2.37. The molecule has 1 aliphatic rings. The fraction of sp³-hybridized carbons (Fsp3) is 0.889. The number of carbonyl (C=O) groups excluding carboxylic acids is 1. The quantitative estimate of drug-likeness (QED) is 0.718. The molecule has 1 rings (SSSR count). The lowest BCUT2D eigenvalue weighted by Gasteiger charge is -2.26. The van der Waals surface area contributed by atoms with E-state index in [1.54, 1.807) is 6.92 Å². The van der Waals surface area contributed by atoms with E-state index in [2.05, 4.69) is 0 Å². The number of hydrogen-bond acceptors (Lipinski definition) is 3. The molecule has 1 amide bonds. The predicted molar refractivity (Wildman–Crippen MR) is 54.2 cm³/mol. The van der Waals surface area contributed by atoms with Crippen LogP contribution in [0.2, 0.25) is 0 Å². The second-order valence-corrected chi connectivity index (χ2v) is 5.95. The highest BCUT2D eigenvalue weighted by molar-refractivity contribution is 7.90. The lowest BCUT2D eigenvalue weighted by molar-refractivity contribution is -0.108. The topological polar surface area (TPSA) is 63.2 Å². The second kappa shape index (κ2) is 4.77. The van der Waals surface area contributed by atoms with Gasteiger partial charge >= 0.3 is 0 Å². The summed E-state index contributed by atoms with van der Waals surface area (Å²) in [6.45, 7) is 1.68. The first-order chi connectivity index (χ1) is 6.58. The molecule has 0 aromatic carbocycles. The summed E-state index contributed by atoms with van der Waals surface area (Å²) < 4.78 is 24.9. The zero-order valence-electron chi connectivity index (χ0n) is 8.40. The first kappa shape index (κ1) is 11.5. The smallest absolute Gasteiger partial charge is 0.237 e. The van der Waals surface area contributed by atoms with Crippen molar-refractivity contribution < 1.29 is 13.2 Å². The van der Waals surface area contributed by atoms with Gasteiger partial charge < -0.3 is 0 Å². The van der Waals surface area contributed by atoms with Gasteiger partial charge in [-0.3, -0.25) is 9.52 Å². The van der Waals surface area contributed by atoms with Crippen LogP contribution in [-0.4, -0.2) is 20.1 Å². The van der Waals surface area contributed by atoms with Crippen LogP contribution in [0.3, 0.4) is 0 Å². The number of hydrogen-bond donors (Lipinski definition) is 1. The number of rotatable bonds is 4. The Labute approximate surface area is 85.1 Å². The molecule has 0 bridgehead atoms. The van der Waals surface area contributed by atoms with Crippen molar-refractivity contribution in [2.75, 3.05) is 0 Å². The van der Waals surface area contributed by atoms with E-state index in [0.29, 0.717) is 0 Å². The summed E-state index contributed by atoms with van der Waals surface area (Å²) in [6.07, 6.45) is 5.57. The third kappa shape index (κ3) is 2.70. The number of sulfonamides is 1. The molecule has 1 unspecified atom stereocenters. The summed E-state index contributed by atoms with van der Waals surface area (Å²) in [7, 11) is -3.43. The van der Waals surface area contributed by atoms with Crippen molar-refractivity contribution in [1.82, 2.24) is 4.72 Å². The fourth-order valence-corrected chi connectivity index (χ4v) is 3.16. The fourth-order valence-electron chi connectivity index (χ4n) is 2.03. The Kier molecular flexibility index (Phi) is 3.92. The molecule has 5 heteroatoms. The minimum atomic E-state index is -3.43. The van der Waals surface area contributed by atoms with Gasteiger partial charge in [-0.15, -0.1) is 0 Å². The summed E-state index contributed by atoms with van der Waals surface area (Å²) >= 11 is 0. The Hall–Kier alpha value is -0.580. The van der Waals surface area contributed by atoms with Gasteiger partial charge in [0.15, 0.2) is 0 Å². The molecule has 1 saturated carbocycles. The Balaban J connectivity index is 2.62. The molecular weight excluding hydrogens is 202 g/mol. The molecule has 1 N–H and O–H groups in total. The largest absolute Gasteiger partial charge is 0.278 e. The van der Waals surface area contributed by atoms with E-state index in [9.17, 15) is 13.2 Å². The van der Waals surface area contributed by atoms with E-state index in [4.69, 9.17) is 0 Å². The van der Waals surface area contributed by atoms with Crippen LogP contribution in [0.25, 0.3) is 0 Å². The molecule has 82 valence electrons. The molecule has 0 aliphatic heterocycles. The molecule has 1 atom stereocenters. The minimum Gasteiger partial charge on any atom is -0.278 e. The van der Waals surface area contributed by atoms with E-state index >= 15 is 0 Å². The maximum Gasteiger partial charge on any atom is 0.237 e. The van der Waals surface area contributed by atoms with Crippen molar-refractivity contribution in [3.05, 3.63) is 0 Å². The third-order valence-corrected chi connectivity index (χ3v) is 4.80. The third-order valence-electron chi connectivity index (χ3n) is 3.02. The Morgan fingerprint density at radius 3 is 2.36 bits per heavy atom. The Bertz CT molecular complexity index is 280. The van der Waals surface area contributed by atoms with Crippen LogP contribution < -0.4 is 4.72 Å². The second-order valence-electron chi connectivity index (χ2n) is 3.88. The van der Waals surface area contributed by atoms with Gasteiger partial charge in [0.1, 0.15) is 0 Å². The molecule has 0 heterocycles. The van der Waals surface area contributed by atoms with Crippen LogP contribution in [0, 0.1) is 5.92 Å². The highest BCUT2D eigenvalue weighted by atomic mass is 32.2. The first-order valence-corrected chi connectivity index (χ1v) is 6.57. The van der Waals surface area contributed by atoms with Crippen molar-refractivity contribution >= 4 is 16.4 Å². The molecule has 0 aromatic rings. The summed E-state index contributed by atoms with van der Waals surface area (Å²) in [5, 5.41) is -0.451. The van der Waals surface area contributed by atoms with Gasteiger partial charge in [-0.05, 0) is 25.7 Å². The zero-order chi connectivity index (χ0) is 10.6. The predicted octanol–water partition coefficient (Wildman–Crippen LogP) is 1.03. The SMILES string of the molecule is CC(C1CCCCC1)S(=O)(=O)NC=O. The molecule has 4 nitrogen and oxygen atoms in total. The van der Waals surface area contributed by atoms with Crippen LogP contribution in [0.15, 0.2) is 0 Å². The van der Waals surface area contributed by atoms with Crippen molar-refractivity contribution in [2.45, 2.75) is 44.3 Å². The number of amides is 1.